The van der Waals surface area contributed by atoms with E-state index < -0.39 is 11.7 Å². The average molecular weight is 577 g/mol. The van der Waals surface area contributed by atoms with Gasteiger partial charge in [-0.15, -0.1) is 11.3 Å². The molecule has 10 heteroatoms. The monoisotopic (exact) mass is 576 g/mol. The predicted molar refractivity (Wildman–Crippen MR) is 141 cm³/mol. The maximum Gasteiger partial charge on any atom is 0.312 e. The zero-order chi connectivity index (χ0) is 26.4. The Balaban J connectivity index is 1.56. The molecule has 5 aromatic rings. The van der Waals surface area contributed by atoms with Gasteiger partial charge >= 0.3 is 5.69 Å². The SMILES string of the molecule is Cc1ccc(-[n+]2noc([O-])c2C(=O)c2sc3nc(C)c(CC(=O)c4ccc(Br)cc4)c(C)c3c2N)cc1. The van der Waals surface area contributed by atoms with Crippen LogP contribution >= 0.6 is 27.3 Å². The third-order valence-corrected chi connectivity index (χ3v) is 7.90. The van der Waals surface area contributed by atoms with Crippen molar-refractivity contribution in [2.45, 2.75) is 27.2 Å². The number of nitrogens with zero attached hydrogens (tertiary/aromatic N) is 3. The van der Waals surface area contributed by atoms with Crippen LogP contribution in [-0.4, -0.2) is 21.8 Å². The number of carbonyl (C=O) groups is 2. The molecular weight excluding hydrogens is 556 g/mol. The first-order chi connectivity index (χ1) is 17.7. The minimum Gasteiger partial charge on any atom is -0.539 e. The number of ketones is 2. The van der Waals surface area contributed by atoms with Crippen LogP contribution in [0.5, 0.6) is 5.95 Å². The lowest BCUT2D eigenvalue weighted by atomic mass is 9.96. The van der Waals surface area contributed by atoms with Gasteiger partial charge in [0, 0.05) is 39.7 Å². The number of aromatic nitrogens is 3. The molecule has 5 rings (SSSR count). The number of pyridine rings is 1. The number of hydrogen-bond donors (Lipinski definition) is 1. The second kappa shape index (κ2) is 9.53. The molecule has 8 nitrogen and oxygen atoms in total. The van der Waals surface area contributed by atoms with E-state index in [-0.39, 0.29) is 28.5 Å². The summed E-state index contributed by atoms with van der Waals surface area (Å²) in [4.78, 5) is 31.9. The Kier molecular flexibility index (Phi) is 6.38. The summed E-state index contributed by atoms with van der Waals surface area (Å²) in [6.45, 7) is 5.62. The molecule has 37 heavy (non-hydrogen) atoms. The summed E-state index contributed by atoms with van der Waals surface area (Å²) in [5.41, 5.74) is 10.8. The first-order valence-electron chi connectivity index (χ1n) is 11.3. The van der Waals surface area contributed by atoms with Crippen molar-refractivity contribution in [1.29, 1.82) is 0 Å². The summed E-state index contributed by atoms with van der Waals surface area (Å²) in [5, 5.41) is 16.9. The number of anilines is 1. The Bertz CT molecular complexity index is 1690. The van der Waals surface area contributed by atoms with Gasteiger partial charge in [-0.2, -0.15) is 0 Å². The molecule has 3 aromatic heterocycles. The lowest BCUT2D eigenvalue weighted by Gasteiger charge is -2.11. The maximum atomic E-state index is 13.6. The van der Waals surface area contributed by atoms with Crippen LogP contribution in [-0.2, 0) is 6.42 Å². The van der Waals surface area contributed by atoms with Crippen LogP contribution in [0.2, 0.25) is 0 Å². The number of thiophene rings is 1. The fourth-order valence-electron chi connectivity index (χ4n) is 4.25. The molecule has 3 heterocycles. The van der Waals surface area contributed by atoms with Crippen LogP contribution in [0.3, 0.4) is 0 Å². The number of rotatable bonds is 6. The van der Waals surface area contributed by atoms with Gasteiger partial charge in [0.05, 0.1) is 11.0 Å². The number of Topliss-reactive ketones (excluding diaryl/α,β-unsaturated/α-hetero) is 1. The highest BCUT2D eigenvalue weighted by Gasteiger charge is 2.32. The molecule has 0 fully saturated rings. The van der Waals surface area contributed by atoms with Crippen molar-refractivity contribution >= 4 is 54.7 Å². The van der Waals surface area contributed by atoms with E-state index in [1.807, 2.05) is 45.0 Å². The summed E-state index contributed by atoms with van der Waals surface area (Å²) in [7, 11) is 0. The van der Waals surface area contributed by atoms with Gasteiger partial charge in [0.25, 0.3) is 5.78 Å². The molecule has 0 amide bonds. The molecule has 0 aliphatic heterocycles. The molecule has 0 bridgehead atoms. The van der Waals surface area contributed by atoms with E-state index in [9.17, 15) is 14.7 Å². The molecule has 186 valence electrons. The Morgan fingerprint density at radius 2 is 1.76 bits per heavy atom. The smallest absolute Gasteiger partial charge is 0.312 e. The number of carbonyl (C=O) groups excluding carboxylic acids is 2. The molecule has 0 atom stereocenters. The van der Waals surface area contributed by atoms with Crippen LogP contribution in [0.4, 0.5) is 5.69 Å². The number of nitrogen functional groups attached to an aromatic ring is 1. The van der Waals surface area contributed by atoms with Gasteiger partial charge in [-0.05, 0) is 48.7 Å². The third-order valence-electron chi connectivity index (χ3n) is 6.27. The standard InChI is InChI=1S/C27H21BrN4O4S/c1-13-4-10-18(11-5-13)32-23(27(35)36-31-32)24(34)25-22(29)21-14(2)19(15(3)30-26(21)37-25)12-20(33)16-6-8-17(28)9-7-16/h4-11H,12H2,1-3H3,(H2-,29,31,34,35). The maximum absolute atomic E-state index is 13.6. The van der Waals surface area contributed by atoms with Crippen LogP contribution in [0.1, 0.15) is 48.1 Å². The van der Waals surface area contributed by atoms with Gasteiger partial charge in [-0.3, -0.25) is 9.59 Å². The largest absolute Gasteiger partial charge is 0.539 e. The highest BCUT2D eigenvalue weighted by molar-refractivity contribution is 9.10. The fourth-order valence-corrected chi connectivity index (χ4v) is 5.66. The van der Waals surface area contributed by atoms with Gasteiger partial charge in [0.1, 0.15) is 9.71 Å². The van der Waals surface area contributed by atoms with Crippen molar-refractivity contribution in [3.63, 3.8) is 0 Å². The number of nitrogens with two attached hydrogens (primary N) is 1. The van der Waals surface area contributed by atoms with Gasteiger partial charge in [-0.1, -0.05) is 45.8 Å². The number of halogens is 1. The highest BCUT2D eigenvalue weighted by Crippen LogP contribution is 2.38. The van der Waals surface area contributed by atoms with Gasteiger partial charge in [-0.25, -0.2) is 4.98 Å². The lowest BCUT2D eigenvalue weighted by Crippen LogP contribution is -2.39. The Morgan fingerprint density at radius 3 is 2.43 bits per heavy atom. The number of benzene rings is 2. The molecule has 0 spiro atoms. The van der Waals surface area contributed by atoms with Crippen molar-refractivity contribution in [3.05, 3.63) is 91.5 Å². The number of hydrogen-bond acceptors (Lipinski definition) is 8. The van der Waals surface area contributed by atoms with Crippen LogP contribution < -0.4 is 15.5 Å². The highest BCUT2D eigenvalue weighted by atomic mass is 79.9. The molecule has 0 saturated heterocycles. The molecule has 2 aromatic carbocycles. The summed E-state index contributed by atoms with van der Waals surface area (Å²) >= 11 is 4.48. The number of fused-ring (bicyclic) bond motifs is 1. The van der Waals surface area contributed by atoms with Crippen molar-refractivity contribution in [2.24, 2.45) is 0 Å². The van der Waals surface area contributed by atoms with Crippen molar-refractivity contribution in [3.8, 4) is 11.6 Å². The minimum absolute atomic E-state index is 0.0513. The molecule has 0 radical (unpaired) electrons. The van der Waals surface area contributed by atoms with Crippen LogP contribution in [0, 0.1) is 20.8 Å². The van der Waals surface area contributed by atoms with Gasteiger partial charge in [0.15, 0.2) is 11.7 Å². The first kappa shape index (κ1) is 24.8. The van der Waals surface area contributed by atoms with Gasteiger partial charge < -0.3 is 15.4 Å². The Morgan fingerprint density at radius 1 is 1.08 bits per heavy atom. The number of aryl methyl sites for hydroxylation is 3. The second-order valence-electron chi connectivity index (χ2n) is 8.72. The molecule has 2 N–H and O–H groups in total. The van der Waals surface area contributed by atoms with E-state index in [0.717, 1.165) is 32.5 Å². The quantitative estimate of drug-likeness (QED) is 0.232. The van der Waals surface area contributed by atoms with Crippen molar-refractivity contribution < 1.29 is 23.9 Å². The van der Waals surface area contributed by atoms with E-state index >= 15 is 0 Å². The molecule has 0 aliphatic rings. The summed E-state index contributed by atoms with van der Waals surface area (Å²) < 4.78 is 6.91. The summed E-state index contributed by atoms with van der Waals surface area (Å²) in [6.07, 6.45) is 0.143. The topological polar surface area (TPSA) is 126 Å². The summed E-state index contributed by atoms with van der Waals surface area (Å²) in [6, 6.07) is 14.3. The van der Waals surface area contributed by atoms with E-state index in [0.29, 0.717) is 27.2 Å². The molecule has 0 aliphatic carbocycles. The van der Waals surface area contributed by atoms with Crippen LogP contribution in [0.25, 0.3) is 15.9 Å². The first-order valence-corrected chi connectivity index (χ1v) is 12.9. The zero-order valence-electron chi connectivity index (χ0n) is 20.2. The van der Waals surface area contributed by atoms with Crippen molar-refractivity contribution in [1.82, 2.24) is 10.3 Å². The zero-order valence-corrected chi connectivity index (χ0v) is 22.6. The van der Waals surface area contributed by atoms with E-state index in [1.165, 1.54) is 4.68 Å². The predicted octanol–water partition coefficient (Wildman–Crippen LogP) is 4.56. The van der Waals surface area contributed by atoms with Crippen molar-refractivity contribution in [2.75, 3.05) is 5.73 Å². The normalized spacial score (nSPS) is 11.2. The average Bonchev–Trinajstić information content (AvgIpc) is 3.41. The van der Waals surface area contributed by atoms with E-state index in [4.69, 9.17) is 10.3 Å². The minimum atomic E-state index is -0.857. The van der Waals surface area contributed by atoms with Gasteiger partial charge in [0.2, 0.25) is 5.69 Å². The fraction of sp³-hybridized carbons (Fsp3) is 0.148. The Hall–Kier alpha value is -3.89. The van der Waals surface area contributed by atoms with Crippen LogP contribution in [0.15, 0.2) is 57.5 Å². The molecule has 0 unspecified atom stereocenters. The Labute approximate surface area is 224 Å². The summed E-state index contributed by atoms with van der Waals surface area (Å²) in [5.74, 6) is -1.51. The van der Waals surface area contributed by atoms with E-state index in [1.54, 1.807) is 24.3 Å². The molecular formula is C27H21BrN4O4S. The van der Waals surface area contributed by atoms with E-state index in [2.05, 4.69) is 26.2 Å². The second-order valence-corrected chi connectivity index (χ2v) is 10.6. The third kappa shape index (κ3) is 4.42. The lowest BCUT2D eigenvalue weighted by molar-refractivity contribution is -0.672. The molecule has 0 saturated carbocycles.